The van der Waals surface area contributed by atoms with E-state index in [1.165, 1.54) is 0 Å². The van der Waals surface area contributed by atoms with E-state index in [1.807, 2.05) is 11.8 Å². The monoisotopic (exact) mass is 182 g/mol. The van der Waals surface area contributed by atoms with Crippen LogP contribution in [0.3, 0.4) is 0 Å². The van der Waals surface area contributed by atoms with Crippen LogP contribution in [0.25, 0.3) is 0 Å². The fraction of sp³-hybridized carbons (Fsp3) is 0.667. The Kier molecular flexibility index (Phi) is 2.22. The number of aromatic nitrogens is 1. The van der Waals surface area contributed by atoms with E-state index in [0.717, 1.165) is 25.1 Å². The number of anilines is 1. The number of rotatable bonds is 2. The lowest BCUT2D eigenvalue weighted by Gasteiger charge is -2.20. The van der Waals surface area contributed by atoms with E-state index in [-0.39, 0.29) is 12.6 Å². The van der Waals surface area contributed by atoms with Gasteiger partial charge in [0.15, 0.2) is 0 Å². The van der Waals surface area contributed by atoms with Crippen molar-refractivity contribution in [3.63, 3.8) is 0 Å². The molecule has 0 aliphatic carbocycles. The summed E-state index contributed by atoms with van der Waals surface area (Å²) in [5, 5.41) is 9.09. The first-order chi connectivity index (χ1) is 6.31. The van der Waals surface area contributed by atoms with E-state index in [4.69, 9.17) is 9.52 Å². The van der Waals surface area contributed by atoms with Gasteiger partial charge in [-0.05, 0) is 19.8 Å². The minimum Gasteiger partial charge on any atom is -0.432 e. The molecule has 13 heavy (non-hydrogen) atoms. The quantitative estimate of drug-likeness (QED) is 0.739. The molecule has 1 aliphatic heterocycles. The molecule has 1 aliphatic rings. The zero-order valence-corrected chi connectivity index (χ0v) is 7.73. The zero-order chi connectivity index (χ0) is 9.26. The van der Waals surface area contributed by atoms with E-state index in [1.54, 1.807) is 6.26 Å². The Bertz CT molecular complexity index is 285. The molecule has 0 unspecified atom stereocenters. The average molecular weight is 182 g/mol. The van der Waals surface area contributed by atoms with Gasteiger partial charge in [-0.25, -0.2) is 0 Å². The van der Waals surface area contributed by atoms with Crippen molar-refractivity contribution in [3.05, 3.63) is 12.0 Å². The van der Waals surface area contributed by atoms with Gasteiger partial charge < -0.3 is 14.4 Å². The van der Waals surface area contributed by atoms with Gasteiger partial charge in [0.1, 0.15) is 6.26 Å². The van der Waals surface area contributed by atoms with Crippen LogP contribution >= 0.6 is 0 Å². The predicted octanol–water partition coefficient (Wildman–Crippen LogP) is 0.944. The number of aryl methyl sites for hydroxylation is 1. The Balaban J connectivity index is 2.15. The van der Waals surface area contributed by atoms with Crippen molar-refractivity contribution in [2.24, 2.45) is 0 Å². The number of aliphatic hydroxyl groups excluding tert-OH is 1. The molecule has 0 saturated carbocycles. The van der Waals surface area contributed by atoms with Crippen molar-refractivity contribution in [2.45, 2.75) is 25.8 Å². The summed E-state index contributed by atoms with van der Waals surface area (Å²) in [6.45, 7) is 3.02. The van der Waals surface area contributed by atoms with Crippen LogP contribution in [0.15, 0.2) is 10.7 Å². The molecule has 4 heteroatoms. The van der Waals surface area contributed by atoms with Crippen LogP contribution in [-0.4, -0.2) is 29.3 Å². The van der Waals surface area contributed by atoms with Crippen molar-refractivity contribution >= 4 is 6.01 Å². The van der Waals surface area contributed by atoms with Crippen molar-refractivity contribution in [3.8, 4) is 0 Å². The van der Waals surface area contributed by atoms with E-state index in [9.17, 15) is 0 Å². The van der Waals surface area contributed by atoms with Crippen molar-refractivity contribution < 1.29 is 9.52 Å². The van der Waals surface area contributed by atoms with E-state index < -0.39 is 0 Å². The summed E-state index contributed by atoms with van der Waals surface area (Å²) in [7, 11) is 0. The SMILES string of the molecule is Cc1coc(N2CCC[C@@H]2CO)n1. The smallest absolute Gasteiger partial charge is 0.297 e. The molecule has 1 saturated heterocycles. The van der Waals surface area contributed by atoms with Crippen LogP contribution in [0, 0.1) is 6.92 Å². The largest absolute Gasteiger partial charge is 0.432 e. The number of hydrogen-bond donors (Lipinski definition) is 1. The average Bonchev–Trinajstić information content (AvgIpc) is 2.71. The van der Waals surface area contributed by atoms with Gasteiger partial charge >= 0.3 is 0 Å². The summed E-state index contributed by atoms with van der Waals surface area (Å²) >= 11 is 0. The Morgan fingerprint density at radius 2 is 2.62 bits per heavy atom. The molecule has 2 heterocycles. The first-order valence-corrected chi connectivity index (χ1v) is 4.61. The summed E-state index contributed by atoms with van der Waals surface area (Å²) in [4.78, 5) is 6.27. The van der Waals surface area contributed by atoms with Gasteiger partial charge in [-0.1, -0.05) is 0 Å². The molecular weight excluding hydrogens is 168 g/mol. The highest BCUT2D eigenvalue weighted by Gasteiger charge is 2.26. The lowest BCUT2D eigenvalue weighted by Crippen LogP contribution is -2.32. The van der Waals surface area contributed by atoms with Crippen LogP contribution in [0.5, 0.6) is 0 Å². The van der Waals surface area contributed by atoms with Gasteiger partial charge in [0.25, 0.3) is 6.01 Å². The Labute approximate surface area is 77.2 Å². The van der Waals surface area contributed by atoms with Gasteiger partial charge in [-0.3, -0.25) is 0 Å². The topological polar surface area (TPSA) is 49.5 Å². The van der Waals surface area contributed by atoms with Crippen LogP contribution in [-0.2, 0) is 0 Å². The lowest BCUT2D eigenvalue weighted by molar-refractivity contribution is 0.263. The minimum absolute atomic E-state index is 0.182. The predicted molar refractivity (Wildman–Crippen MR) is 48.7 cm³/mol. The molecule has 4 nitrogen and oxygen atoms in total. The first kappa shape index (κ1) is 8.56. The third-order valence-corrected chi connectivity index (χ3v) is 2.44. The fourth-order valence-electron chi connectivity index (χ4n) is 1.75. The molecule has 1 atom stereocenters. The Morgan fingerprint density at radius 3 is 3.23 bits per heavy atom. The molecule has 1 N–H and O–H groups in total. The molecule has 0 aromatic carbocycles. The summed E-state index contributed by atoms with van der Waals surface area (Å²) in [6, 6.07) is 0.840. The van der Waals surface area contributed by atoms with E-state index >= 15 is 0 Å². The maximum Gasteiger partial charge on any atom is 0.297 e. The maximum atomic E-state index is 9.09. The van der Waals surface area contributed by atoms with Crippen LogP contribution < -0.4 is 4.90 Å². The molecule has 1 aromatic heterocycles. The number of aliphatic hydroxyl groups is 1. The van der Waals surface area contributed by atoms with Crippen LogP contribution in [0.2, 0.25) is 0 Å². The first-order valence-electron chi connectivity index (χ1n) is 4.61. The van der Waals surface area contributed by atoms with Crippen LogP contribution in [0.4, 0.5) is 6.01 Å². The normalized spacial score (nSPS) is 22.6. The van der Waals surface area contributed by atoms with E-state index in [2.05, 4.69) is 4.98 Å². The van der Waals surface area contributed by atoms with Gasteiger partial charge in [-0.15, -0.1) is 0 Å². The molecule has 0 amide bonds. The molecular formula is C9H14N2O2. The molecule has 2 rings (SSSR count). The Hall–Kier alpha value is -1.03. The molecule has 1 fully saturated rings. The molecule has 72 valence electrons. The molecule has 1 aromatic rings. The third-order valence-electron chi connectivity index (χ3n) is 2.44. The Morgan fingerprint density at radius 1 is 1.77 bits per heavy atom. The van der Waals surface area contributed by atoms with Gasteiger partial charge in [0, 0.05) is 6.54 Å². The fourth-order valence-corrected chi connectivity index (χ4v) is 1.75. The van der Waals surface area contributed by atoms with Crippen molar-refractivity contribution in [1.82, 2.24) is 4.98 Å². The second kappa shape index (κ2) is 3.38. The molecule has 0 spiro atoms. The van der Waals surface area contributed by atoms with Crippen molar-refractivity contribution in [1.29, 1.82) is 0 Å². The van der Waals surface area contributed by atoms with Crippen molar-refractivity contribution in [2.75, 3.05) is 18.1 Å². The third kappa shape index (κ3) is 1.54. The molecule has 0 bridgehead atoms. The van der Waals surface area contributed by atoms with Gasteiger partial charge in [0.05, 0.1) is 18.3 Å². The summed E-state index contributed by atoms with van der Waals surface area (Å²) in [5.41, 5.74) is 0.888. The number of hydrogen-bond acceptors (Lipinski definition) is 4. The molecule has 0 radical (unpaired) electrons. The summed E-state index contributed by atoms with van der Waals surface area (Å²) in [6.07, 6.45) is 3.77. The highest BCUT2D eigenvalue weighted by molar-refractivity contribution is 5.30. The second-order valence-corrected chi connectivity index (χ2v) is 3.44. The van der Waals surface area contributed by atoms with Gasteiger partial charge in [0.2, 0.25) is 0 Å². The summed E-state index contributed by atoms with van der Waals surface area (Å²) < 4.78 is 5.28. The highest BCUT2D eigenvalue weighted by Crippen LogP contribution is 2.24. The number of oxazole rings is 1. The maximum absolute atomic E-state index is 9.09. The number of nitrogens with zero attached hydrogens (tertiary/aromatic N) is 2. The summed E-state index contributed by atoms with van der Waals surface area (Å²) in [5.74, 6) is 0. The lowest BCUT2D eigenvalue weighted by atomic mass is 10.2. The standard InChI is InChI=1S/C9H14N2O2/c1-7-6-13-9(10-7)11-4-2-3-8(11)5-12/h6,8,12H,2-5H2,1H3/t8-/m1/s1. The van der Waals surface area contributed by atoms with Crippen LogP contribution in [0.1, 0.15) is 18.5 Å². The minimum atomic E-state index is 0.182. The second-order valence-electron chi connectivity index (χ2n) is 3.44. The zero-order valence-electron chi connectivity index (χ0n) is 7.73. The van der Waals surface area contributed by atoms with Gasteiger partial charge in [-0.2, -0.15) is 4.98 Å². The van der Waals surface area contributed by atoms with E-state index in [0.29, 0.717) is 6.01 Å². The highest BCUT2D eigenvalue weighted by atomic mass is 16.4.